The largest absolute Gasteiger partial charge is 0.504 e. The number of esters is 1. The third kappa shape index (κ3) is 3.68. The summed E-state index contributed by atoms with van der Waals surface area (Å²) < 4.78 is 20.6. The van der Waals surface area contributed by atoms with Crippen LogP contribution < -0.4 is 9.47 Å². The van der Waals surface area contributed by atoms with Gasteiger partial charge >= 0.3 is 5.97 Å². The zero-order valence-electron chi connectivity index (χ0n) is 15.4. The number of rotatable bonds is 6. The fourth-order valence-electron chi connectivity index (χ4n) is 2.46. The highest BCUT2D eigenvalue weighted by molar-refractivity contribution is 5.93. The van der Waals surface area contributed by atoms with Gasteiger partial charge < -0.3 is 28.9 Å². The number of carbonyl (C=O) groups is 1. The molecule has 9 nitrogen and oxygen atoms in total. The Morgan fingerprint density at radius 2 is 1.89 bits per heavy atom. The first-order valence-electron chi connectivity index (χ1n) is 8.18. The van der Waals surface area contributed by atoms with Gasteiger partial charge in [-0.05, 0) is 30.7 Å². The molecule has 1 aromatic heterocycles. The summed E-state index contributed by atoms with van der Waals surface area (Å²) in [4.78, 5) is 16.3. The lowest BCUT2D eigenvalue weighted by atomic mass is 10.1. The third-order valence-corrected chi connectivity index (χ3v) is 4.02. The van der Waals surface area contributed by atoms with E-state index in [2.05, 4.69) is 10.1 Å². The van der Waals surface area contributed by atoms with Crippen LogP contribution in [0.25, 0.3) is 11.4 Å². The van der Waals surface area contributed by atoms with Crippen molar-refractivity contribution >= 4 is 5.97 Å². The minimum Gasteiger partial charge on any atom is -0.504 e. The predicted octanol–water partition coefficient (Wildman–Crippen LogP) is 2.83. The second-order valence-electron chi connectivity index (χ2n) is 5.78. The van der Waals surface area contributed by atoms with Gasteiger partial charge in [-0.25, -0.2) is 4.79 Å². The molecule has 0 bridgehead atoms. The molecule has 0 unspecified atom stereocenters. The number of aromatic hydroxyl groups is 2. The summed E-state index contributed by atoms with van der Waals surface area (Å²) in [5.41, 5.74) is 0.842. The first-order chi connectivity index (χ1) is 13.4. The molecule has 0 saturated heterocycles. The number of phenols is 2. The van der Waals surface area contributed by atoms with Gasteiger partial charge in [0.1, 0.15) is 17.1 Å². The molecule has 2 aromatic carbocycles. The predicted molar refractivity (Wildman–Crippen MR) is 96.5 cm³/mol. The molecule has 0 fully saturated rings. The zero-order valence-corrected chi connectivity index (χ0v) is 15.4. The molecule has 28 heavy (non-hydrogen) atoms. The van der Waals surface area contributed by atoms with Crippen molar-refractivity contribution in [1.82, 2.24) is 10.1 Å². The lowest BCUT2D eigenvalue weighted by Gasteiger charge is -2.07. The highest BCUT2D eigenvalue weighted by Crippen LogP contribution is 2.33. The summed E-state index contributed by atoms with van der Waals surface area (Å²) in [5, 5.41) is 23.4. The van der Waals surface area contributed by atoms with Crippen LogP contribution in [0.3, 0.4) is 0 Å². The van der Waals surface area contributed by atoms with E-state index in [-0.39, 0.29) is 29.6 Å². The Hall–Kier alpha value is -3.75. The summed E-state index contributed by atoms with van der Waals surface area (Å²) in [6.45, 7) is 1.29. The van der Waals surface area contributed by atoms with E-state index in [9.17, 15) is 15.0 Å². The Morgan fingerprint density at radius 3 is 2.61 bits per heavy atom. The van der Waals surface area contributed by atoms with Gasteiger partial charge in [0.15, 0.2) is 18.1 Å². The van der Waals surface area contributed by atoms with E-state index in [0.29, 0.717) is 22.6 Å². The molecular formula is C19H18N2O7. The van der Waals surface area contributed by atoms with Crippen molar-refractivity contribution in [3.63, 3.8) is 0 Å². The van der Waals surface area contributed by atoms with Gasteiger partial charge in [0.05, 0.1) is 19.8 Å². The van der Waals surface area contributed by atoms with Gasteiger partial charge in [0.25, 0.3) is 5.89 Å². The second kappa shape index (κ2) is 7.87. The molecule has 0 atom stereocenters. The molecule has 0 aliphatic rings. The van der Waals surface area contributed by atoms with Gasteiger partial charge in [-0.2, -0.15) is 4.98 Å². The quantitative estimate of drug-likeness (QED) is 0.486. The molecule has 9 heteroatoms. The number of ether oxygens (including phenoxy) is 3. The van der Waals surface area contributed by atoms with E-state index in [1.54, 1.807) is 32.2 Å². The number of benzene rings is 2. The second-order valence-corrected chi connectivity index (χ2v) is 5.78. The van der Waals surface area contributed by atoms with Crippen LogP contribution in [0.4, 0.5) is 0 Å². The van der Waals surface area contributed by atoms with Crippen LogP contribution in [-0.2, 0) is 11.3 Å². The van der Waals surface area contributed by atoms with E-state index < -0.39 is 11.7 Å². The number of aromatic nitrogens is 2. The van der Waals surface area contributed by atoms with Crippen molar-refractivity contribution in [2.75, 3.05) is 14.2 Å². The number of aryl methyl sites for hydroxylation is 1. The highest BCUT2D eigenvalue weighted by atomic mass is 16.6. The van der Waals surface area contributed by atoms with Crippen LogP contribution >= 0.6 is 0 Å². The average Bonchev–Trinajstić information content (AvgIpc) is 3.18. The summed E-state index contributed by atoms with van der Waals surface area (Å²) in [6.07, 6.45) is 0. The topological polar surface area (TPSA) is 124 Å². The first-order valence-corrected chi connectivity index (χ1v) is 8.18. The number of hydrogen-bond donors (Lipinski definition) is 2. The maximum Gasteiger partial charge on any atom is 0.342 e. The Bertz CT molecular complexity index is 1010. The van der Waals surface area contributed by atoms with E-state index in [4.69, 9.17) is 18.7 Å². The molecule has 0 radical (unpaired) electrons. The number of methoxy groups -OCH3 is 2. The van der Waals surface area contributed by atoms with E-state index in [0.717, 1.165) is 0 Å². The monoisotopic (exact) mass is 386 g/mol. The van der Waals surface area contributed by atoms with Crippen molar-refractivity contribution in [1.29, 1.82) is 0 Å². The third-order valence-electron chi connectivity index (χ3n) is 4.02. The van der Waals surface area contributed by atoms with Crippen molar-refractivity contribution < 1.29 is 33.7 Å². The summed E-state index contributed by atoms with van der Waals surface area (Å²) in [7, 11) is 3.05. The van der Waals surface area contributed by atoms with Gasteiger partial charge in [-0.3, -0.25) is 0 Å². The molecule has 0 aliphatic carbocycles. The van der Waals surface area contributed by atoms with Crippen LogP contribution in [0.1, 0.15) is 21.8 Å². The van der Waals surface area contributed by atoms with Gasteiger partial charge in [0.2, 0.25) is 5.82 Å². The Kier molecular flexibility index (Phi) is 5.35. The van der Waals surface area contributed by atoms with E-state index in [1.807, 2.05) is 0 Å². The minimum absolute atomic E-state index is 0.0528. The maximum absolute atomic E-state index is 12.1. The van der Waals surface area contributed by atoms with Gasteiger partial charge in [-0.1, -0.05) is 11.2 Å². The summed E-state index contributed by atoms with van der Waals surface area (Å²) >= 11 is 0. The maximum atomic E-state index is 12.1. The molecule has 0 amide bonds. The molecule has 0 saturated carbocycles. The smallest absolute Gasteiger partial charge is 0.342 e. The van der Waals surface area contributed by atoms with Gasteiger partial charge in [-0.15, -0.1) is 0 Å². The summed E-state index contributed by atoms with van der Waals surface area (Å²) in [6, 6.07) is 7.96. The SMILES string of the molecule is COc1ccc(-c2noc(COC(=O)c3ccc(C)c(O)c3O)n2)c(OC)c1. The van der Waals surface area contributed by atoms with E-state index in [1.165, 1.54) is 19.2 Å². The molecule has 3 aromatic rings. The fraction of sp³-hybridized carbons (Fsp3) is 0.211. The molecule has 2 N–H and O–H groups in total. The number of hydrogen-bond acceptors (Lipinski definition) is 9. The molecule has 146 valence electrons. The molecular weight excluding hydrogens is 368 g/mol. The van der Waals surface area contributed by atoms with Crippen molar-refractivity contribution in [3.05, 3.63) is 47.3 Å². The lowest BCUT2D eigenvalue weighted by Crippen LogP contribution is -2.06. The first kappa shape index (κ1) is 19.0. The lowest BCUT2D eigenvalue weighted by molar-refractivity contribution is 0.0426. The van der Waals surface area contributed by atoms with Crippen molar-refractivity contribution in [2.24, 2.45) is 0 Å². The number of phenolic OH excluding ortho intramolecular Hbond substituents is 2. The normalized spacial score (nSPS) is 10.5. The Labute approximate surface area is 160 Å². The molecule has 0 spiro atoms. The minimum atomic E-state index is -0.838. The average molecular weight is 386 g/mol. The van der Waals surface area contributed by atoms with Crippen molar-refractivity contribution in [2.45, 2.75) is 13.5 Å². The highest BCUT2D eigenvalue weighted by Gasteiger charge is 2.19. The zero-order chi connectivity index (χ0) is 20.3. The Morgan fingerprint density at radius 1 is 1.11 bits per heavy atom. The molecule has 1 heterocycles. The van der Waals surface area contributed by atoms with Crippen LogP contribution in [0, 0.1) is 6.92 Å². The van der Waals surface area contributed by atoms with E-state index >= 15 is 0 Å². The molecule has 3 rings (SSSR count). The van der Waals surface area contributed by atoms with Crippen LogP contribution in [0.2, 0.25) is 0 Å². The van der Waals surface area contributed by atoms with Crippen LogP contribution in [-0.4, -0.2) is 40.5 Å². The van der Waals surface area contributed by atoms with Gasteiger partial charge in [0, 0.05) is 6.07 Å². The standard InChI is InChI=1S/C19H18N2O7/c1-10-4-6-13(17(23)16(10)22)19(24)27-9-15-20-18(21-28-15)12-7-5-11(25-2)8-14(12)26-3/h4-8,22-23H,9H2,1-3H3. The van der Waals surface area contributed by atoms with Crippen molar-refractivity contribution in [3.8, 4) is 34.4 Å². The summed E-state index contributed by atoms with van der Waals surface area (Å²) in [5.74, 6) is -0.350. The number of nitrogens with zero attached hydrogens (tertiary/aromatic N) is 2. The number of carbonyl (C=O) groups excluding carboxylic acids is 1. The fourth-order valence-corrected chi connectivity index (χ4v) is 2.46. The Balaban J connectivity index is 1.74. The molecule has 0 aliphatic heterocycles. The van der Waals surface area contributed by atoms with Crippen LogP contribution in [0.5, 0.6) is 23.0 Å². The van der Waals surface area contributed by atoms with Crippen LogP contribution in [0.15, 0.2) is 34.9 Å².